The zero-order valence-electron chi connectivity index (χ0n) is 20.0. The highest BCUT2D eigenvalue weighted by atomic mass is 32.2. The maximum absolute atomic E-state index is 13.3. The van der Waals surface area contributed by atoms with E-state index in [1.165, 1.54) is 18.6 Å². The van der Waals surface area contributed by atoms with Crippen LogP contribution in [0.5, 0.6) is 0 Å². The van der Waals surface area contributed by atoms with Gasteiger partial charge in [-0.2, -0.15) is 0 Å². The first kappa shape index (κ1) is 23.5. The number of halogens is 1. The summed E-state index contributed by atoms with van der Waals surface area (Å²) in [7, 11) is 0. The topological polar surface area (TPSA) is 51.0 Å². The molecule has 2 atom stereocenters. The van der Waals surface area contributed by atoms with Crippen molar-refractivity contribution in [2.45, 2.75) is 37.7 Å². The van der Waals surface area contributed by atoms with Crippen molar-refractivity contribution in [3.8, 4) is 0 Å². The van der Waals surface area contributed by atoms with Gasteiger partial charge >= 0.3 is 0 Å². The van der Waals surface area contributed by atoms with E-state index >= 15 is 0 Å². The molecule has 1 aliphatic heterocycles. The van der Waals surface area contributed by atoms with E-state index in [2.05, 4.69) is 23.4 Å². The summed E-state index contributed by atoms with van der Waals surface area (Å²) in [5.41, 5.74) is 4.72. The molecule has 1 aliphatic rings. The molecular formula is C28H29FN4OS. The molecule has 35 heavy (non-hydrogen) atoms. The molecule has 0 aliphatic carbocycles. The van der Waals surface area contributed by atoms with Crippen molar-refractivity contribution in [2.24, 2.45) is 11.8 Å². The lowest BCUT2D eigenvalue weighted by Crippen LogP contribution is -2.42. The lowest BCUT2D eigenvalue weighted by Gasteiger charge is -2.35. The van der Waals surface area contributed by atoms with Gasteiger partial charge in [-0.3, -0.25) is 9.78 Å². The fourth-order valence-electron chi connectivity index (χ4n) is 4.89. The molecular weight excluding hydrogens is 459 g/mol. The molecule has 7 heteroatoms. The van der Waals surface area contributed by atoms with E-state index in [0.29, 0.717) is 24.1 Å². The number of likely N-dealkylation sites (tertiary alicyclic amines) is 1. The number of nitrogens with zero attached hydrogens (tertiary/aromatic N) is 4. The number of amides is 1. The molecule has 2 aromatic heterocycles. The van der Waals surface area contributed by atoms with Crippen molar-refractivity contribution in [3.63, 3.8) is 0 Å². The van der Waals surface area contributed by atoms with Gasteiger partial charge in [0.15, 0.2) is 5.16 Å². The third-order valence-electron chi connectivity index (χ3n) is 6.49. The van der Waals surface area contributed by atoms with Crippen LogP contribution in [0.15, 0.2) is 72.1 Å². The van der Waals surface area contributed by atoms with E-state index in [1.807, 2.05) is 41.4 Å². The molecule has 0 radical (unpaired) electrons. The van der Waals surface area contributed by atoms with Crippen molar-refractivity contribution < 1.29 is 9.18 Å². The maximum Gasteiger partial charge on any atom is 0.253 e. The number of piperidine rings is 1. The maximum atomic E-state index is 13.3. The van der Waals surface area contributed by atoms with Gasteiger partial charge in [0, 0.05) is 30.6 Å². The van der Waals surface area contributed by atoms with Gasteiger partial charge in [-0.15, -0.1) is 0 Å². The van der Waals surface area contributed by atoms with Crippen LogP contribution < -0.4 is 0 Å². The number of hydrogen-bond donors (Lipinski definition) is 0. The second-order valence-electron chi connectivity index (χ2n) is 9.61. The van der Waals surface area contributed by atoms with E-state index in [-0.39, 0.29) is 11.7 Å². The number of thioether (sulfide) groups is 1. The highest BCUT2D eigenvalue weighted by molar-refractivity contribution is 7.98. The van der Waals surface area contributed by atoms with E-state index in [9.17, 15) is 9.18 Å². The molecule has 0 saturated carbocycles. The molecule has 0 spiro atoms. The smallest absolute Gasteiger partial charge is 0.253 e. The first-order valence-corrected chi connectivity index (χ1v) is 13.0. The van der Waals surface area contributed by atoms with E-state index in [4.69, 9.17) is 4.98 Å². The largest absolute Gasteiger partial charge is 0.338 e. The predicted octanol–water partition coefficient (Wildman–Crippen LogP) is 6.03. The number of fused-ring (bicyclic) bond motifs is 1. The summed E-state index contributed by atoms with van der Waals surface area (Å²) in [6.07, 6.45) is 4.76. The summed E-state index contributed by atoms with van der Waals surface area (Å²) in [6, 6.07) is 16.4. The Kier molecular flexibility index (Phi) is 6.86. The summed E-state index contributed by atoms with van der Waals surface area (Å²) in [5.74, 6) is 1.65. The van der Waals surface area contributed by atoms with E-state index in [1.54, 1.807) is 30.1 Å². The van der Waals surface area contributed by atoms with Crippen LogP contribution in [0.4, 0.5) is 4.39 Å². The summed E-state index contributed by atoms with van der Waals surface area (Å²) in [6.45, 7) is 6.71. The number of pyridine rings is 1. The lowest BCUT2D eigenvalue weighted by molar-refractivity contribution is 0.0623. The zero-order chi connectivity index (χ0) is 24.4. The third kappa shape index (κ3) is 5.40. The number of carbonyl (C=O) groups is 1. The predicted molar refractivity (Wildman–Crippen MR) is 138 cm³/mol. The van der Waals surface area contributed by atoms with Crippen LogP contribution >= 0.6 is 11.8 Å². The van der Waals surface area contributed by atoms with Crippen molar-refractivity contribution in [3.05, 3.63) is 89.5 Å². The molecule has 0 N–H and O–H groups in total. The van der Waals surface area contributed by atoms with Gasteiger partial charge in [-0.05, 0) is 59.7 Å². The van der Waals surface area contributed by atoms with Gasteiger partial charge in [0.05, 0.1) is 23.8 Å². The standard InChI is InChI=1S/C28H29FN4OS/c1-19-13-20(2)16-32(15-19)27(34)23-7-3-21(4-8-23)17-33-26-14-30-12-11-25(26)31-28(33)35-18-22-5-9-24(29)10-6-22/h3-12,14,19-20H,13,15-18H2,1-2H3/t19-,20-/m1/s1. The van der Waals surface area contributed by atoms with Crippen LogP contribution in [-0.4, -0.2) is 38.4 Å². The Bertz CT molecular complexity index is 1310. The Morgan fingerprint density at radius 1 is 1.00 bits per heavy atom. The average Bonchev–Trinajstić information content (AvgIpc) is 3.20. The van der Waals surface area contributed by atoms with E-state index < -0.39 is 0 Å². The molecule has 3 heterocycles. The number of rotatable bonds is 6. The quantitative estimate of drug-likeness (QED) is 0.311. The Morgan fingerprint density at radius 2 is 1.69 bits per heavy atom. The highest BCUT2D eigenvalue weighted by Crippen LogP contribution is 2.28. The minimum Gasteiger partial charge on any atom is -0.338 e. The minimum absolute atomic E-state index is 0.114. The Hall–Kier alpha value is -3.19. The van der Waals surface area contributed by atoms with Crippen LogP contribution in [0.25, 0.3) is 11.0 Å². The SMILES string of the molecule is C[C@@H]1C[C@@H](C)CN(C(=O)c2ccc(Cn3c(SCc4ccc(F)cc4)nc4ccncc43)cc2)C1. The number of hydrogen-bond acceptors (Lipinski definition) is 4. The molecule has 1 saturated heterocycles. The Labute approximate surface area is 209 Å². The molecule has 0 unspecified atom stereocenters. The summed E-state index contributed by atoms with van der Waals surface area (Å²) in [5, 5.41) is 0.883. The van der Waals surface area contributed by atoms with Crippen molar-refractivity contribution >= 4 is 28.7 Å². The van der Waals surface area contributed by atoms with Gasteiger partial charge in [-0.1, -0.05) is 49.9 Å². The van der Waals surface area contributed by atoms with Crippen LogP contribution in [-0.2, 0) is 12.3 Å². The summed E-state index contributed by atoms with van der Waals surface area (Å²) >= 11 is 1.62. The second-order valence-corrected chi connectivity index (χ2v) is 10.6. The first-order valence-electron chi connectivity index (χ1n) is 12.0. The number of carbonyl (C=O) groups excluding carboxylic acids is 1. The van der Waals surface area contributed by atoms with Crippen molar-refractivity contribution in [1.82, 2.24) is 19.4 Å². The first-order chi connectivity index (χ1) is 17.0. The molecule has 4 aromatic rings. The summed E-state index contributed by atoms with van der Waals surface area (Å²) < 4.78 is 15.4. The monoisotopic (exact) mass is 488 g/mol. The van der Waals surface area contributed by atoms with Crippen LogP contribution in [0.2, 0.25) is 0 Å². The molecule has 1 amide bonds. The third-order valence-corrected chi connectivity index (χ3v) is 7.54. The van der Waals surface area contributed by atoms with Gasteiger partial charge in [0.2, 0.25) is 0 Å². The molecule has 5 nitrogen and oxygen atoms in total. The molecule has 0 bridgehead atoms. The number of benzene rings is 2. The number of imidazole rings is 1. The van der Waals surface area contributed by atoms with Crippen molar-refractivity contribution in [1.29, 1.82) is 0 Å². The summed E-state index contributed by atoms with van der Waals surface area (Å²) in [4.78, 5) is 24.2. The van der Waals surface area contributed by atoms with Crippen LogP contribution in [0, 0.1) is 17.7 Å². The zero-order valence-corrected chi connectivity index (χ0v) is 20.8. The molecule has 1 fully saturated rings. The molecule has 2 aromatic carbocycles. The van der Waals surface area contributed by atoms with Gasteiger partial charge in [0.1, 0.15) is 5.82 Å². The van der Waals surface area contributed by atoms with Crippen molar-refractivity contribution in [2.75, 3.05) is 13.1 Å². The second kappa shape index (κ2) is 10.2. The Balaban J connectivity index is 1.34. The van der Waals surface area contributed by atoms with Crippen LogP contribution in [0.1, 0.15) is 41.8 Å². The normalized spacial score (nSPS) is 18.2. The van der Waals surface area contributed by atoms with Crippen LogP contribution in [0.3, 0.4) is 0 Å². The lowest BCUT2D eigenvalue weighted by atomic mass is 9.91. The Morgan fingerprint density at radius 3 is 2.40 bits per heavy atom. The number of aromatic nitrogens is 3. The fourth-order valence-corrected chi connectivity index (χ4v) is 5.86. The van der Waals surface area contributed by atoms with Gasteiger partial charge in [0.25, 0.3) is 5.91 Å². The minimum atomic E-state index is -0.233. The molecule has 180 valence electrons. The van der Waals surface area contributed by atoms with Gasteiger partial charge < -0.3 is 9.47 Å². The van der Waals surface area contributed by atoms with E-state index in [0.717, 1.165) is 46.0 Å². The average molecular weight is 489 g/mol. The fraction of sp³-hybridized carbons (Fsp3) is 0.321. The van der Waals surface area contributed by atoms with Gasteiger partial charge in [-0.25, -0.2) is 9.37 Å². The highest BCUT2D eigenvalue weighted by Gasteiger charge is 2.26. The molecule has 5 rings (SSSR count).